The van der Waals surface area contributed by atoms with Gasteiger partial charge in [-0.2, -0.15) is 0 Å². The summed E-state index contributed by atoms with van der Waals surface area (Å²) in [7, 11) is 4.05. The zero-order chi connectivity index (χ0) is 17.7. The normalized spacial score (nSPS) is 18.6. The molecule has 3 nitrogen and oxygen atoms in total. The molecular formula is C20H27ClN2O. The molecule has 0 radical (unpaired) electrons. The average molecular weight is 347 g/mol. The van der Waals surface area contributed by atoms with Gasteiger partial charge in [0.2, 0.25) is 0 Å². The molecule has 1 aliphatic rings. The fourth-order valence-corrected chi connectivity index (χ4v) is 2.96. The summed E-state index contributed by atoms with van der Waals surface area (Å²) in [6.07, 6.45) is 4.00. The Morgan fingerprint density at radius 2 is 1.96 bits per heavy atom. The maximum absolute atomic E-state index is 5.98. The number of rotatable bonds is 6. The lowest BCUT2D eigenvalue weighted by Crippen LogP contribution is -2.22. The summed E-state index contributed by atoms with van der Waals surface area (Å²) in [6.45, 7) is 10.2. The van der Waals surface area contributed by atoms with Gasteiger partial charge in [0.15, 0.2) is 0 Å². The Morgan fingerprint density at radius 3 is 2.58 bits per heavy atom. The molecule has 0 bridgehead atoms. The minimum absolute atomic E-state index is 0.0483. The highest BCUT2D eigenvalue weighted by molar-refractivity contribution is 6.30. The number of halogens is 1. The van der Waals surface area contributed by atoms with Crippen molar-refractivity contribution < 1.29 is 4.84 Å². The third-order valence-electron chi connectivity index (χ3n) is 4.02. The Hall–Kier alpha value is -1.58. The van der Waals surface area contributed by atoms with E-state index in [2.05, 4.69) is 36.6 Å². The van der Waals surface area contributed by atoms with Crippen LogP contribution in [0.25, 0.3) is 5.57 Å². The zero-order valence-corrected chi connectivity index (χ0v) is 15.9. The molecule has 0 saturated carbocycles. The summed E-state index contributed by atoms with van der Waals surface area (Å²) < 4.78 is 0. The predicted molar refractivity (Wildman–Crippen MR) is 104 cm³/mol. The second kappa shape index (κ2) is 8.00. The maximum Gasteiger partial charge on any atom is 0.129 e. The first kappa shape index (κ1) is 18.8. The van der Waals surface area contributed by atoms with Gasteiger partial charge in [0, 0.05) is 18.0 Å². The summed E-state index contributed by atoms with van der Waals surface area (Å²) in [5, 5.41) is 5.12. The van der Waals surface area contributed by atoms with Crippen molar-refractivity contribution in [3.05, 3.63) is 53.1 Å². The summed E-state index contributed by atoms with van der Waals surface area (Å²) in [6, 6.07) is 7.82. The van der Waals surface area contributed by atoms with Crippen LogP contribution in [0.5, 0.6) is 0 Å². The van der Waals surface area contributed by atoms with Gasteiger partial charge in [-0.3, -0.25) is 0 Å². The molecule has 0 aliphatic heterocycles. The summed E-state index contributed by atoms with van der Waals surface area (Å²) in [4.78, 5) is 7.58. The molecule has 2 rings (SSSR count). The molecular weight excluding hydrogens is 320 g/mol. The zero-order valence-electron chi connectivity index (χ0n) is 15.1. The van der Waals surface area contributed by atoms with Gasteiger partial charge >= 0.3 is 0 Å². The smallest absolute Gasteiger partial charge is 0.129 e. The van der Waals surface area contributed by atoms with Crippen LogP contribution >= 0.6 is 11.6 Å². The van der Waals surface area contributed by atoms with Gasteiger partial charge in [-0.25, -0.2) is 0 Å². The Labute approximate surface area is 150 Å². The fraction of sp³-hybridized carbons (Fsp3) is 0.450. The largest absolute Gasteiger partial charge is 0.394 e. The van der Waals surface area contributed by atoms with Crippen molar-refractivity contribution in [3.8, 4) is 0 Å². The number of allylic oxidation sites excluding steroid dienone is 3. The van der Waals surface area contributed by atoms with E-state index in [9.17, 15) is 0 Å². The van der Waals surface area contributed by atoms with Crippen molar-refractivity contribution in [3.63, 3.8) is 0 Å². The van der Waals surface area contributed by atoms with Gasteiger partial charge in [-0.1, -0.05) is 55.4 Å². The number of oxime groups is 1. The van der Waals surface area contributed by atoms with E-state index in [1.54, 1.807) is 0 Å². The minimum atomic E-state index is 0.0483. The molecule has 0 atom stereocenters. The van der Waals surface area contributed by atoms with Gasteiger partial charge in [0.25, 0.3) is 0 Å². The van der Waals surface area contributed by atoms with E-state index in [0.717, 1.165) is 41.3 Å². The number of hydrogen-bond donors (Lipinski definition) is 0. The topological polar surface area (TPSA) is 24.8 Å². The number of benzene rings is 1. The Kier molecular flexibility index (Phi) is 6.25. The first-order chi connectivity index (χ1) is 11.3. The SMILES string of the molecule is C=C(C1=CC(C)(C)C/C(=N\OCCN(C)C)C1)c1ccc(Cl)cc1. The number of nitrogens with zero attached hydrogens (tertiary/aromatic N) is 2. The second-order valence-electron chi connectivity index (χ2n) is 7.29. The van der Waals surface area contributed by atoms with Crippen LogP contribution in [0.4, 0.5) is 0 Å². The molecule has 0 amide bonds. The molecule has 1 aliphatic carbocycles. The highest BCUT2D eigenvalue weighted by Crippen LogP contribution is 2.37. The molecule has 0 fully saturated rings. The van der Waals surface area contributed by atoms with Gasteiger partial charge in [-0.05, 0) is 54.8 Å². The van der Waals surface area contributed by atoms with Gasteiger partial charge < -0.3 is 9.74 Å². The van der Waals surface area contributed by atoms with Gasteiger partial charge in [0.05, 0.1) is 5.71 Å². The van der Waals surface area contributed by atoms with E-state index in [4.69, 9.17) is 16.4 Å². The van der Waals surface area contributed by atoms with Crippen LogP contribution in [-0.2, 0) is 4.84 Å². The molecule has 1 aromatic rings. The molecule has 24 heavy (non-hydrogen) atoms. The van der Waals surface area contributed by atoms with Crippen LogP contribution in [0.2, 0.25) is 5.02 Å². The molecule has 1 aromatic carbocycles. The summed E-state index contributed by atoms with van der Waals surface area (Å²) >= 11 is 5.98. The number of likely N-dealkylation sites (N-methyl/N-ethyl adjacent to an activating group) is 1. The van der Waals surface area contributed by atoms with E-state index in [-0.39, 0.29) is 5.41 Å². The lowest BCUT2D eigenvalue weighted by Gasteiger charge is -2.29. The quantitative estimate of drug-likeness (QED) is 0.533. The monoisotopic (exact) mass is 346 g/mol. The van der Waals surface area contributed by atoms with E-state index < -0.39 is 0 Å². The molecule has 0 saturated heterocycles. The van der Waals surface area contributed by atoms with Crippen molar-refractivity contribution >= 4 is 22.9 Å². The molecule has 0 unspecified atom stereocenters. The van der Waals surface area contributed by atoms with Crippen LogP contribution in [0.3, 0.4) is 0 Å². The standard InChI is InChI=1S/C20H27ClN2O/c1-15(16-6-8-18(21)9-7-16)17-12-19(14-20(2,3)13-17)22-24-11-10-23(4)5/h6-9,13H,1,10-12,14H2,2-5H3/b22-19-. The Balaban J connectivity index is 2.11. The Bertz CT molecular complexity index is 642. The van der Waals surface area contributed by atoms with Crippen molar-refractivity contribution in [2.45, 2.75) is 26.7 Å². The third-order valence-corrected chi connectivity index (χ3v) is 4.27. The van der Waals surface area contributed by atoms with Crippen LogP contribution in [0.1, 0.15) is 32.3 Å². The maximum atomic E-state index is 5.98. The Morgan fingerprint density at radius 1 is 1.29 bits per heavy atom. The van der Waals surface area contributed by atoms with Crippen LogP contribution in [-0.4, -0.2) is 37.9 Å². The molecule has 0 spiro atoms. The molecule has 0 N–H and O–H groups in total. The molecule has 4 heteroatoms. The first-order valence-corrected chi connectivity index (χ1v) is 8.64. The lowest BCUT2D eigenvalue weighted by atomic mass is 9.76. The van der Waals surface area contributed by atoms with Crippen LogP contribution in [0, 0.1) is 5.41 Å². The number of hydrogen-bond acceptors (Lipinski definition) is 3. The van der Waals surface area contributed by atoms with Crippen molar-refractivity contribution in [2.75, 3.05) is 27.2 Å². The van der Waals surface area contributed by atoms with Crippen LogP contribution in [0.15, 0.2) is 47.6 Å². The van der Waals surface area contributed by atoms with Crippen molar-refractivity contribution in [1.82, 2.24) is 4.90 Å². The predicted octanol–water partition coefficient (Wildman–Crippen LogP) is 5.03. The third kappa shape index (κ3) is 5.50. The lowest BCUT2D eigenvalue weighted by molar-refractivity contribution is 0.124. The van der Waals surface area contributed by atoms with E-state index >= 15 is 0 Å². The second-order valence-corrected chi connectivity index (χ2v) is 7.73. The van der Waals surface area contributed by atoms with E-state index in [1.807, 2.05) is 38.4 Å². The van der Waals surface area contributed by atoms with Crippen molar-refractivity contribution in [2.24, 2.45) is 10.6 Å². The molecule has 0 aromatic heterocycles. The summed E-state index contributed by atoms with van der Waals surface area (Å²) in [5.74, 6) is 0. The molecule has 0 heterocycles. The fourth-order valence-electron chi connectivity index (χ4n) is 2.84. The first-order valence-electron chi connectivity index (χ1n) is 8.26. The average Bonchev–Trinajstić information content (AvgIpc) is 2.50. The highest BCUT2D eigenvalue weighted by Gasteiger charge is 2.26. The summed E-state index contributed by atoms with van der Waals surface area (Å²) in [5.41, 5.74) is 4.46. The highest BCUT2D eigenvalue weighted by atomic mass is 35.5. The van der Waals surface area contributed by atoms with E-state index in [1.165, 1.54) is 5.57 Å². The van der Waals surface area contributed by atoms with Crippen LogP contribution < -0.4 is 0 Å². The minimum Gasteiger partial charge on any atom is -0.394 e. The van der Waals surface area contributed by atoms with E-state index in [0.29, 0.717) is 6.61 Å². The molecule has 130 valence electrons. The van der Waals surface area contributed by atoms with Gasteiger partial charge in [-0.15, -0.1) is 0 Å². The van der Waals surface area contributed by atoms with Crippen molar-refractivity contribution in [1.29, 1.82) is 0 Å². The van der Waals surface area contributed by atoms with Gasteiger partial charge in [0.1, 0.15) is 6.61 Å².